The Kier molecular flexibility index (Phi) is 5.64. The van der Waals surface area contributed by atoms with Crippen molar-refractivity contribution >= 4 is 11.8 Å². The molecule has 100 valence electrons. The molecule has 0 amide bonds. The van der Waals surface area contributed by atoms with Crippen LogP contribution in [0.3, 0.4) is 0 Å². The van der Waals surface area contributed by atoms with E-state index in [1.54, 1.807) is 0 Å². The van der Waals surface area contributed by atoms with Crippen molar-refractivity contribution in [1.29, 1.82) is 0 Å². The normalized spacial score (nSPS) is 33.5. The molecule has 0 aliphatic carbocycles. The number of thioether (sulfide) groups is 1. The summed E-state index contributed by atoms with van der Waals surface area (Å²) in [5, 5.41) is 0.873. The molecule has 2 unspecified atom stereocenters. The van der Waals surface area contributed by atoms with Crippen LogP contribution in [0, 0.1) is 0 Å². The van der Waals surface area contributed by atoms with Crippen LogP contribution >= 0.6 is 11.8 Å². The van der Waals surface area contributed by atoms with E-state index < -0.39 is 0 Å². The highest BCUT2D eigenvalue weighted by Gasteiger charge is 2.20. The van der Waals surface area contributed by atoms with Gasteiger partial charge >= 0.3 is 0 Å². The Bertz CT molecular complexity index is 222. The zero-order valence-corrected chi connectivity index (χ0v) is 12.3. The van der Waals surface area contributed by atoms with Gasteiger partial charge in [0.05, 0.1) is 0 Å². The third-order valence-corrected chi connectivity index (χ3v) is 5.58. The fraction of sp³-hybridized carbons (Fsp3) is 1.00. The molecule has 2 fully saturated rings. The summed E-state index contributed by atoms with van der Waals surface area (Å²) >= 11 is 2.15. The third kappa shape index (κ3) is 4.46. The summed E-state index contributed by atoms with van der Waals surface area (Å²) < 4.78 is 0. The molecule has 3 heteroatoms. The second-order valence-electron chi connectivity index (χ2n) is 5.73. The van der Waals surface area contributed by atoms with Crippen molar-refractivity contribution in [1.82, 2.24) is 9.80 Å². The van der Waals surface area contributed by atoms with Crippen LogP contribution in [0.15, 0.2) is 0 Å². The molecule has 0 bridgehead atoms. The van der Waals surface area contributed by atoms with Gasteiger partial charge in [-0.05, 0) is 52.4 Å². The van der Waals surface area contributed by atoms with Crippen LogP contribution in [0.5, 0.6) is 0 Å². The van der Waals surface area contributed by atoms with Crippen LogP contribution in [0.25, 0.3) is 0 Å². The molecule has 2 aliphatic heterocycles. The number of hydrogen-bond donors (Lipinski definition) is 0. The van der Waals surface area contributed by atoms with Crippen LogP contribution < -0.4 is 0 Å². The lowest BCUT2D eigenvalue weighted by Crippen LogP contribution is -2.39. The number of piperidine rings is 1. The van der Waals surface area contributed by atoms with E-state index in [0.29, 0.717) is 0 Å². The number of nitrogens with zero attached hydrogens (tertiary/aromatic N) is 2. The first-order chi connectivity index (χ1) is 8.25. The molecule has 0 aromatic heterocycles. The highest BCUT2D eigenvalue weighted by atomic mass is 32.2. The maximum absolute atomic E-state index is 2.69. The lowest BCUT2D eigenvalue weighted by atomic mass is 10.00. The summed E-state index contributed by atoms with van der Waals surface area (Å²) in [6.45, 7) is 7.65. The SMILES string of the molecule is CC1CCN(CCC2CCCCN2C)CCS1. The predicted octanol–water partition coefficient (Wildman–Crippen LogP) is 2.69. The van der Waals surface area contributed by atoms with E-state index in [9.17, 15) is 0 Å². The molecule has 0 aromatic carbocycles. The summed E-state index contributed by atoms with van der Waals surface area (Å²) in [5.41, 5.74) is 0. The Morgan fingerprint density at radius 3 is 2.82 bits per heavy atom. The fourth-order valence-corrected chi connectivity index (χ4v) is 4.04. The van der Waals surface area contributed by atoms with Gasteiger partial charge < -0.3 is 9.80 Å². The molecule has 17 heavy (non-hydrogen) atoms. The molecule has 2 saturated heterocycles. The molecule has 2 nitrogen and oxygen atoms in total. The van der Waals surface area contributed by atoms with E-state index >= 15 is 0 Å². The maximum atomic E-state index is 2.69. The molecule has 0 radical (unpaired) electrons. The van der Waals surface area contributed by atoms with E-state index in [4.69, 9.17) is 0 Å². The van der Waals surface area contributed by atoms with Gasteiger partial charge in [0, 0.05) is 23.6 Å². The second-order valence-corrected chi connectivity index (χ2v) is 7.28. The van der Waals surface area contributed by atoms with Crippen molar-refractivity contribution in [3.8, 4) is 0 Å². The molecule has 0 spiro atoms. The molecular weight excluding hydrogens is 228 g/mol. The summed E-state index contributed by atoms with van der Waals surface area (Å²) in [6, 6.07) is 0.858. The highest BCUT2D eigenvalue weighted by molar-refractivity contribution is 7.99. The Morgan fingerprint density at radius 1 is 1.12 bits per heavy atom. The van der Waals surface area contributed by atoms with Gasteiger partial charge in [0.25, 0.3) is 0 Å². The topological polar surface area (TPSA) is 6.48 Å². The second kappa shape index (κ2) is 7.01. The first-order valence-corrected chi connectivity index (χ1v) is 8.35. The monoisotopic (exact) mass is 256 g/mol. The van der Waals surface area contributed by atoms with Gasteiger partial charge in [-0.1, -0.05) is 13.3 Å². The highest BCUT2D eigenvalue weighted by Crippen LogP contribution is 2.21. The minimum absolute atomic E-state index is 0.858. The first-order valence-electron chi connectivity index (χ1n) is 7.30. The van der Waals surface area contributed by atoms with Gasteiger partial charge in [0.2, 0.25) is 0 Å². The fourth-order valence-electron chi connectivity index (χ4n) is 3.01. The van der Waals surface area contributed by atoms with Crippen LogP contribution in [0.4, 0.5) is 0 Å². The summed E-state index contributed by atoms with van der Waals surface area (Å²) in [5.74, 6) is 1.33. The first kappa shape index (κ1) is 13.7. The largest absolute Gasteiger partial charge is 0.303 e. The number of hydrogen-bond acceptors (Lipinski definition) is 3. The molecule has 2 aliphatic rings. The van der Waals surface area contributed by atoms with Gasteiger partial charge in [-0.15, -0.1) is 0 Å². The van der Waals surface area contributed by atoms with Gasteiger partial charge in [0.1, 0.15) is 0 Å². The van der Waals surface area contributed by atoms with Crippen molar-refractivity contribution in [3.05, 3.63) is 0 Å². The Hall–Kier alpha value is 0.270. The average Bonchev–Trinajstić information content (AvgIpc) is 2.53. The summed E-state index contributed by atoms with van der Waals surface area (Å²) in [6.07, 6.45) is 7.04. The zero-order valence-electron chi connectivity index (χ0n) is 11.5. The minimum Gasteiger partial charge on any atom is -0.303 e. The Balaban J connectivity index is 1.69. The van der Waals surface area contributed by atoms with E-state index in [1.807, 2.05) is 0 Å². The molecular formula is C14H28N2S. The van der Waals surface area contributed by atoms with Crippen molar-refractivity contribution in [2.45, 2.75) is 50.3 Å². The standard InChI is InChI=1S/C14H28N2S/c1-13-6-9-16(11-12-17-13)10-7-14-5-3-4-8-15(14)2/h13-14H,3-12H2,1-2H3. The van der Waals surface area contributed by atoms with E-state index in [2.05, 4.69) is 35.5 Å². The van der Waals surface area contributed by atoms with E-state index in [1.165, 1.54) is 64.0 Å². The summed E-state index contributed by atoms with van der Waals surface area (Å²) in [4.78, 5) is 5.28. The van der Waals surface area contributed by atoms with E-state index in [0.717, 1.165) is 11.3 Å². The molecule has 0 saturated carbocycles. The number of rotatable bonds is 3. The predicted molar refractivity (Wildman–Crippen MR) is 77.9 cm³/mol. The Morgan fingerprint density at radius 2 is 2.00 bits per heavy atom. The minimum atomic E-state index is 0.858. The lowest BCUT2D eigenvalue weighted by Gasteiger charge is -2.34. The maximum Gasteiger partial charge on any atom is 0.0104 e. The van der Waals surface area contributed by atoms with Crippen LogP contribution in [0.1, 0.15) is 39.0 Å². The third-order valence-electron chi connectivity index (χ3n) is 4.36. The van der Waals surface area contributed by atoms with Gasteiger partial charge in [-0.25, -0.2) is 0 Å². The molecule has 0 N–H and O–H groups in total. The molecule has 2 heterocycles. The average molecular weight is 256 g/mol. The molecule has 0 aromatic rings. The van der Waals surface area contributed by atoms with Crippen molar-refractivity contribution in [2.75, 3.05) is 39.0 Å². The van der Waals surface area contributed by atoms with Gasteiger partial charge in [-0.2, -0.15) is 11.8 Å². The molecule has 2 rings (SSSR count). The van der Waals surface area contributed by atoms with Gasteiger partial charge in [0.15, 0.2) is 0 Å². The quantitative estimate of drug-likeness (QED) is 0.766. The van der Waals surface area contributed by atoms with Crippen molar-refractivity contribution in [2.24, 2.45) is 0 Å². The van der Waals surface area contributed by atoms with Crippen molar-refractivity contribution in [3.63, 3.8) is 0 Å². The smallest absolute Gasteiger partial charge is 0.0104 e. The van der Waals surface area contributed by atoms with E-state index in [-0.39, 0.29) is 0 Å². The van der Waals surface area contributed by atoms with Crippen molar-refractivity contribution < 1.29 is 0 Å². The number of likely N-dealkylation sites (tertiary alicyclic amines) is 1. The van der Waals surface area contributed by atoms with Crippen LogP contribution in [-0.4, -0.2) is 60.1 Å². The van der Waals surface area contributed by atoms with Gasteiger partial charge in [-0.3, -0.25) is 0 Å². The Labute approximate surface area is 111 Å². The zero-order chi connectivity index (χ0) is 12.1. The van der Waals surface area contributed by atoms with Crippen LogP contribution in [0.2, 0.25) is 0 Å². The van der Waals surface area contributed by atoms with Crippen LogP contribution in [-0.2, 0) is 0 Å². The molecule has 2 atom stereocenters. The lowest BCUT2D eigenvalue weighted by molar-refractivity contribution is 0.156. The summed E-state index contributed by atoms with van der Waals surface area (Å²) in [7, 11) is 2.31.